The lowest BCUT2D eigenvalue weighted by molar-refractivity contribution is -0.146. The van der Waals surface area contributed by atoms with Crippen LogP contribution in [0.15, 0.2) is 9.42 Å². The molecule has 140 valence electrons. The smallest absolute Gasteiger partial charge is 0.248 e. The molecule has 1 atom stereocenters. The molecule has 0 aromatic carbocycles. The highest BCUT2D eigenvalue weighted by atomic mass is 32.2. The molecular formula is C16H25N3O5S. The maximum Gasteiger partial charge on any atom is 0.248 e. The summed E-state index contributed by atoms with van der Waals surface area (Å²) in [5.41, 5.74) is -0.256. The monoisotopic (exact) mass is 371 g/mol. The van der Waals surface area contributed by atoms with Crippen LogP contribution in [0.4, 0.5) is 0 Å². The van der Waals surface area contributed by atoms with Crippen molar-refractivity contribution in [2.75, 3.05) is 39.9 Å². The van der Waals surface area contributed by atoms with Crippen LogP contribution in [0.1, 0.15) is 30.7 Å². The topological polar surface area (TPSA) is 92.9 Å². The van der Waals surface area contributed by atoms with Gasteiger partial charge < -0.3 is 14.2 Å². The number of aryl methyl sites for hydroxylation is 2. The molecule has 2 aliphatic heterocycles. The lowest BCUT2D eigenvalue weighted by Crippen LogP contribution is -2.51. The Kier molecular flexibility index (Phi) is 4.91. The number of aromatic nitrogens is 1. The first-order valence-electron chi connectivity index (χ1n) is 8.53. The highest BCUT2D eigenvalue weighted by Gasteiger charge is 2.51. The molecule has 2 fully saturated rings. The molecule has 9 heteroatoms. The molecule has 1 unspecified atom stereocenters. The van der Waals surface area contributed by atoms with Crippen LogP contribution in [-0.4, -0.2) is 68.6 Å². The quantitative estimate of drug-likeness (QED) is 0.765. The number of piperidine rings is 1. The predicted octanol–water partition coefficient (Wildman–Crippen LogP) is 0.941. The van der Waals surface area contributed by atoms with Gasteiger partial charge in [-0.05, 0) is 33.1 Å². The van der Waals surface area contributed by atoms with Crippen LogP contribution in [0.25, 0.3) is 0 Å². The summed E-state index contributed by atoms with van der Waals surface area (Å²) in [5.74, 6) is 0.336. The van der Waals surface area contributed by atoms with E-state index in [1.165, 1.54) is 4.31 Å². The van der Waals surface area contributed by atoms with Gasteiger partial charge in [-0.15, -0.1) is 0 Å². The number of ether oxygens (including phenoxy) is 1. The summed E-state index contributed by atoms with van der Waals surface area (Å²) >= 11 is 0. The lowest BCUT2D eigenvalue weighted by atomic mass is 9.78. The van der Waals surface area contributed by atoms with E-state index in [9.17, 15) is 13.2 Å². The van der Waals surface area contributed by atoms with E-state index in [2.05, 4.69) is 5.16 Å². The van der Waals surface area contributed by atoms with Crippen LogP contribution < -0.4 is 0 Å². The van der Waals surface area contributed by atoms with E-state index in [4.69, 9.17) is 9.26 Å². The Bertz CT molecular complexity index is 740. The van der Waals surface area contributed by atoms with Crippen molar-refractivity contribution < 1.29 is 22.5 Å². The first-order chi connectivity index (χ1) is 11.8. The maximum absolute atomic E-state index is 13.0. The third kappa shape index (κ3) is 3.09. The third-order valence-electron chi connectivity index (χ3n) is 5.27. The van der Waals surface area contributed by atoms with Gasteiger partial charge in [-0.1, -0.05) is 5.16 Å². The van der Waals surface area contributed by atoms with Crippen molar-refractivity contribution in [3.63, 3.8) is 0 Å². The second kappa shape index (κ2) is 6.69. The Morgan fingerprint density at radius 3 is 2.68 bits per heavy atom. The Labute approximate surface area is 148 Å². The van der Waals surface area contributed by atoms with Crippen LogP contribution in [-0.2, 0) is 19.6 Å². The zero-order chi connectivity index (χ0) is 18.2. The molecule has 0 radical (unpaired) electrons. The van der Waals surface area contributed by atoms with E-state index in [0.29, 0.717) is 38.4 Å². The molecule has 25 heavy (non-hydrogen) atoms. The Morgan fingerprint density at radius 2 is 2.04 bits per heavy atom. The van der Waals surface area contributed by atoms with Gasteiger partial charge in [0.15, 0.2) is 5.76 Å². The fraction of sp³-hybridized carbons (Fsp3) is 0.750. The number of hydrogen-bond donors (Lipinski definition) is 0. The molecule has 1 spiro atoms. The van der Waals surface area contributed by atoms with Crippen LogP contribution in [0, 0.1) is 19.3 Å². The number of carbonyl (C=O) groups excluding carboxylic acids is 1. The van der Waals surface area contributed by atoms with Crippen molar-refractivity contribution >= 4 is 15.9 Å². The largest absolute Gasteiger partial charge is 0.383 e. The summed E-state index contributed by atoms with van der Waals surface area (Å²) in [5, 5.41) is 3.75. The Balaban J connectivity index is 1.82. The van der Waals surface area contributed by atoms with Crippen LogP contribution >= 0.6 is 0 Å². The number of nitrogens with zero attached hydrogens (tertiary/aromatic N) is 3. The van der Waals surface area contributed by atoms with E-state index in [1.807, 2.05) is 0 Å². The number of amides is 1. The second-order valence-corrected chi connectivity index (χ2v) is 8.79. The Hall–Kier alpha value is -1.45. The van der Waals surface area contributed by atoms with Crippen molar-refractivity contribution in [2.24, 2.45) is 5.41 Å². The van der Waals surface area contributed by atoms with Crippen molar-refractivity contribution in [3.8, 4) is 0 Å². The van der Waals surface area contributed by atoms with Crippen molar-refractivity contribution in [1.29, 1.82) is 0 Å². The van der Waals surface area contributed by atoms with E-state index in [1.54, 1.807) is 25.9 Å². The van der Waals surface area contributed by atoms with Gasteiger partial charge in [0.2, 0.25) is 15.9 Å². The summed E-state index contributed by atoms with van der Waals surface area (Å²) in [6.45, 7) is 5.53. The minimum Gasteiger partial charge on any atom is -0.383 e. The summed E-state index contributed by atoms with van der Waals surface area (Å²) in [4.78, 5) is 14.9. The first kappa shape index (κ1) is 18.3. The summed E-state index contributed by atoms with van der Waals surface area (Å²) in [6.07, 6.45) is 2.16. The van der Waals surface area contributed by atoms with Gasteiger partial charge in [0.1, 0.15) is 10.6 Å². The number of hydrogen-bond acceptors (Lipinski definition) is 6. The van der Waals surface area contributed by atoms with Crippen molar-refractivity contribution in [2.45, 2.75) is 38.0 Å². The molecule has 2 aliphatic rings. The average molecular weight is 371 g/mol. The standard InChI is InChI=1S/C16H25N3O5S/c1-12-14(13(2)24-17-12)25(21,22)19-8-6-16(11-19)5-4-7-18(15(16)20)9-10-23-3/h4-11H2,1-3H3. The fourth-order valence-corrected chi connectivity index (χ4v) is 5.78. The van der Waals surface area contributed by atoms with Crippen molar-refractivity contribution in [3.05, 3.63) is 11.5 Å². The minimum absolute atomic E-state index is 0.0484. The molecule has 0 saturated carbocycles. The van der Waals surface area contributed by atoms with Crippen LogP contribution in [0.2, 0.25) is 0 Å². The van der Waals surface area contributed by atoms with Gasteiger partial charge in [0.25, 0.3) is 0 Å². The molecule has 0 bridgehead atoms. The Morgan fingerprint density at radius 1 is 1.28 bits per heavy atom. The molecule has 1 aromatic rings. The second-order valence-electron chi connectivity index (χ2n) is 6.91. The van der Waals surface area contributed by atoms with Gasteiger partial charge >= 0.3 is 0 Å². The summed E-state index contributed by atoms with van der Waals surface area (Å²) in [6, 6.07) is 0. The first-order valence-corrected chi connectivity index (χ1v) is 9.97. The zero-order valence-corrected chi connectivity index (χ0v) is 15.8. The number of rotatable bonds is 5. The molecule has 8 nitrogen and oxygen atoms in total. The molecule has 0 aliphatic carbocycles. The summed E-state index contributed by atoms with van der Waals surface area (Å²) < 4.78 is 37.5. The molecular weight excluding hydrogens is 346 g/mol. The lowest BCUT2D eigenvalue weighted by Gasteiger charge is -2.39. The van der Waals surface area contributed by atoms with Gasteiger partial charge in [0.05, 0.1) is 12.0 Å². The van der Waals surface area contributed by atoms with Gasteiger partial charge in [-0.3, -0.25) is 4.79 Å². The van der Waals surface area contributed by atoms with Gasteiger partial charge in [-0.25, -0.2) is 8.42 Å². The van der Waals surface area contributed by atoms with Gasteiger partial charge in [0, 0.05) is 33.3 Å². The average Bonchev–Trinajstić information content (AvgIpc) is 3.14. The molecule has 1 aromatic heterocycles. The number of carbonyl (C=O) groups is 1. The molecule has 2 saturated heterocycles. The molecule has 3 rings (SSSR count). The number of methoxy groups -OCH3 is 1. The van der Waals surface area contributed by atoms with E-state index in [-0.39, 0.29) is 23.1 Å². The maximum atomic E-state index is 13.0. The zero-order valence-electron chi connectivity index (χ0n) is 14.9. The van der Waals surface area contributed by atoms with Crippen LogP contribution in [0.5, 0.6) is 0 Å². The number of likely N-dealkylation sites (tertiary alicyclic amines) is 1. The molecule has 3 heterocycles. The fourth-order valence-electron chi connectivity index (χ4n) is 3.96. The highest BCUT2D eigenvalue weighted by molar-refractivity contribution is 7.89. The van der Waals surface area contributed by atoms with E-state index in [0.717, 1.165) is 12.8 Å². The third-order valence-corrected chi connectivity index (χ3v) is 7.36. The van der Waals surface area contributed by atoms with E-state index >= 15 is 0 Å². The highest BCUT2D eigenvalue weighted by Crippen LogP contribution is 2.42. The predicted molar refractivity (Wildman–Crippen MR) is 89.5 cm³/mol. The minimum atomic E-state index is -3.71. The molecule has 1 amide bonds. The van der Waals surface area contributed by atoms with Gasteiger partial charge in [-0.2, -0.15) is 4.31 Å². The normalized spacial score (nSPS) is 25.2. The molecule has 0 N–H and O–H groups in total. The SMILES string of the molecule is COCCN1CCCC2(CCN(S(=O)(=O)c3c(C)noc3C)C2)C1=O. The van der Waals surface area contributed by atoms with E-state index < -0.39 is 15.4 Å². The number of sulfonamides is 1. The summed E-state index contributed by atoms with van der Waals surface area (Å²) in [7, 11) is -2.10. The van der Waals surface area contributed by atoms with Crippen molar-refractivity contribution in [1.82, 2.24) is 14.4 Å². The van der Waals surface area contributed by atoms with Crippen LogP contribution in [0.3, 0.4) is 0 Å².